The summed E-state index contributed by atoms with van der Waals surface area (Å²) in [5.41, 5.74) is -0.193. The lowest BCUT2D eigenvalue weighted by Crippen LogP contribution is -2.32. The molecule has 8 nitrogen and oxygen atoms in total. The molecule has 0 bridgehead atoms. The number of anilines is 2. The maximum Gasteiger partial charge on any atom is 0.416 e. The lowest BCUT2D eigenvalue weighted by molar-refractivity contribution is -0.137. The van der Waals surface area contributed by atoms with Gasteiger partial charge in [0.05, 0.1) is 22.2 Å². The van der Waals surface area contributed by atoms with Gasteiger partial charge in [0.1, 0.15) is 11.0 Å². The Hall–Kier alpha value is -4.07. The topological polar surface area (TPSA) is 109 Å². The molecule has 6 rings (SSSR count). The second-order valence-electron chi connectivity index (χ2n) is 9.69. The summed E-state index contributed by atoms with van der Waals surface area (Å²) in [4.78, 5) is 56.6. The summed E-state index contributed by atoms with van der Waals surface area (Å²) in [5.74, 6) is -3.21. The molecule has 14 heteroatoms. The molecule has 2 aliphatic rings. The Labute approximate surface area is 254 Å². The summed E-state index contributed by atoms with van der Waals surface area (Å²) in [6.07, 6.45) is -4.58. The molecule has 3 heterocycles. The molecular weight excluding hydrogens is 627 g/mol. The Morgan fingerprint density at radius 1 is 1.00 bits per heavy atom. The highest BCUT2D eigenvalue weighted by Crippen LogP contribution is 2.54. The molecule has 0 spiro atoms. The monoisotopic (exact) mass is 645 g/mol. The normalized spacial score (nSPS) is 19.6. The number of thiazole rings is 1. The van der Waals surface area contributed by atoms with E-state index in [1.807, 2.05) is 0 Å². The van der Waals surface area contributed by atoms with E-state index in [0.29, 0.717) is 21.2 Å². The fraction of sp³-hybridized carbons (Fsp3) is 0.172. The number of thioether (sulfide) groups is 1. The van der Waals surface area contributed by atoms with Crippen molar-refractivity contribution in [3.63, 3.8) is 0 Å². The van der Waals surface area contributed by atoms with E-state index < -0.39 is 53.2 Å². The first-order chi connectivity index (χ1) is 20.5. The van der Waals surface area contributed by atoms with E-state index in [0.717, 1.165) is 40.1 Å². The minimum absolute atomic E-state index is 0.0651. The fourth-order valence-corrected chi connectivity index (χ4v) is 7.88. The molecule has 3 unspecified atom stereocenters. The zero-order valence-electron chi connectivity index (χ0n) is 21.7. The van der Waals surface area contributed by atoms with E-state index in [4.69, 9.17) is 16.3 Å². The highest BCUT2D eigenvalue weighted by Gasteiger charge is 2.56. The Morgan fingerprint density at radius 3 is 2.51 bits per heavy atom. The van der Waals surface area contributed by atoms with Gasteiger partial charge in [-0.15, -0.1) is 0 Å². The number of ether oxygens (including phenoxy) is 1. The predicted octanol–water partition coefficient (Wildman–Crippen LogP) is 5.92. The van der Waals surface area contributed by atoms with E-state index in [1.165, 1.54) is 24.3 Å². The lowest BCUT2D eigenvalue weighted by atomic mass is 9.82. The molecule has 2 N–H and O–H groups in total. The average molecular weight is 646 g/mol. The Morgan fingerprint density at radius 2 is 1.77 bits per heavy atom. The molecule has 4 aromatic rings. The van der Waals surface area contributed by atoms with Crippen LogP contribution < -0.4 is 19.8 Å². The number of rotatable bonds is 6. The molecule has 3 aromatic carbocycles. The number of carbonyl (C=O) groups is 3. The largest absolute Gasteiger partial charge is 0.483 e. The highest BCUT2D eigenvalue weighted by atomic mass is 35.5. The zero-order valence-corrected chi connectivity index (χ0v) is 24.1. The van der Waals surface area contributed by atoms with Crippen LogP contribution in [0.25, 0.3) is 0 Å². The van der Waals surface area contributed by atoms with Crippen molar-refractivity contribution in [3.8, 4) is 5.75 Å². The predicted molar refractivity (Wildman–Crippen MR) is 156 cm³/mol. The number of hydrogen-bond acceptors (Lipinski definition) is 7. The quantitative estimate of drug-likeness (QED) is 0.252. The van der Waals surface area contributed by atoms with Gasteiger partial charge in [0.25, 0.3) is 5.91 Å². The number of aromatic nitrogens is 1. The van der Waals surface area contributed by atoms with Gasteiger partial charge in [-0.1, -0.05) is 59.0 Å². The molecule has 220 valence electrons. The number of benzene rings is 3. The van der Waals surface area contributed by atoms with Gasteiger partial charge < -0.3 is 15.0 Å². The van der Waals surface area contributed by atoms with Crippen molar-refractivity contribution in [2.24, 2.45) is 5.92 Å². The van der Waals surface area contributed by atoms with Gasteiger partial charge in [-0.25, -0.2) is 4.90 Å². The number of hydrogen-bond donors (Lipinski definition) is 2. The van der Waals surface area contributed by atoms with Crippen LogP contribution in [-0.4, -0.2) is 34.6 Å². The van der Waals surface area contributed by atoms with Crippen LogP contribution in [0.2, 0.25) is 5.02 Å². The van der Waals surface area contributed by atoms with Crippen LogP contribution in [0.15, 0.2) is 82.6 Å². The number of carbonyl (C=O) groups excluding carboxylic acids is 3. The standard InChI is InChI=1S/C29H19ClF3N3O5S2/c30-15-9-10-19(41-13-20(37)34-16-6-4-5-14(11-16)29(31,32)33)18(12-15)21-22-24(42-25-23(21)43-28(40)35-25)27(39)36(26(22)38)17-7-2-1-3-8-17/h1-12,21-22,24H,13H2,(H,34,37)(H,35,40). The smallest absolute Gasteiger partial charge is 0.416 e. The first-order valence-electron chi connectivity index (χ1n) is 12.7. The van der Waals surface area contributed by atoms with E-state index in [9.17, 15) is 32.3 Å². The van der Waals surface area contributed by atoms with Crippen molar-refractivity contribution < 1.29 is 32.3 Å². The first-order valence-corrected chi connectivity index (χ1v) is 14.8. The number of fused-ring (bicyclic) bond motifs is 2. The van der Waals surface area contributed by atoms with E-state index >= 15 is 0 Å². The van der Waals surface area contributed by atoms with Gasteiger partial charge >= 0.3 is 11.0 Å². The molecule has 1 aromatic heterocycles. The van der Waals surface area contributed by atoms with Gasteiger partial charge in [-0.2, -0.15) is 13.2 Å². The zero-order chi connectivity index (χ0) is 30.5. The number of aromatic amines is 1. The minimum atomic E-state index is -4.58. The second kappa shape index (κ2) is 11.2. The Balaban J connectivity index is 1.32. The van der Waals surface area contributed by atoms with Crippen molar-refractivity contribution in [2.45, 2.75) is 22.4 Å². The number of H-pyrrole nitrogens is 1. The van der Waals surface area contributed by atoms with Gasteiger partial charge in [0.15, 0.2) is 6.61 Å². The Bertz CT molecular complexity index is 1810. The van der Waals surface area contributed by atoms with Crippen molar-refractivity contribution in [1.82, 2.24) is 4.98 Å². The van der Waals surface area contributed by atoms with E-state index in [1.54, 1.807) is 36.4 Å². The summed E-state index contributed by atoms with van der Waals surface area (Å²) in [7, 11) is 0. The van der Waals surface area contributed by atoms with Crippen LogP contribution in [0.3, 0.4) is 0 Å². The van der Waals surface area contributed by atoms with Crippen LogP contribution in [0, 0.1) is 5.92 Å². The number of nitrogens with one attached hydrogen (secondary N) is 2. The highest BCUT2D eigenvalue weighted by molar-refractivity contribution is 8.00. The molecule has 0 radical (unpaired) electrons. The van der Waals surface area contributed by atoms with Crippen LogP contribution in [0.4, 0.5) is 24.5 Å². The molecular formula is C29H19ClF3N3O5S2. The van der Waals surface area contributed by atoms with Crippen LogP contribution >= 0.6 is 34.7 Å². The number of amides is 3. The molecule has 2 aliphatic heterocycles. The third-order valence-corrected chi connectivity index (χ3v) is 9.61. The summed E-state index contributed by atoms with van der Waals surface area (Å²) in [6, 6.07) is 17.2. The van der Waals surface area contributed by atoms with Crippen molar-refractivity contribution in [1.29, 1.82) is 0 Å². The molecule has 3 atom stereocenters. The van der Waals surface area contributed by atoms with Gasteiger partial charge in [-0.05, 0) is 48.5 Å². The molecule has 0 saturated carbocycles. The SMILES string of the molecule is O=C(COc1ccc(Cl)cc1C1c2sc(=O)[nH]c2SC2C(=O)N(c3ccccc3)C(=O)C21)Nc1cccc(C(F)(F)F)c1. The number of imide groups is 1. The summed E-state index contributed by atoms with van der Waals surface area (Å²) >= 11 is 8.38. The number of alkyl halides is 3. The van der Waals surface area contributed by atoms with Crippen LogP contribution in [0.5, 0.6) is 5.75 Å². The van der Waals surface area contributed by atoms with Crippen molar-refractivity contribution >= 4 is 63.8 Å². The number of nitrogens with zero attached hydrogens (tertiary/aromatic N) is 1. The summed E-state index contributed by atoms with van der Waals surface area (Å²) < 4.78 is 45.1. The molecule has 1 fully saturated rings. The third kappa shape index (κ3) is 5.55. The first kappa shape index (κ1) is 29.0. The third-order valence-electron chi connectivity index (χ3n) is 6.98. The van der Waals surface area contributed by atoms with Gasteiger partial charge in [0, 0.05) is 27.1 Å². The summed E-state index contributed by atoms with van der Waals surface area (Å²) in [5, 5.41) is 2.26. The van der Waals surface area contributed by atoms with Gasteiger partial charge in [0.2, 0.25) is 11.8 Å². The Kier molecular flexibility index (Phi) is 7.57. The maximum atomic E-state index is 13.9. The van der Waals surface area contributed by atoms with Crippen molar-refractivity contribution in [2.75, 3.05) is 16.8 Å². The number of para-hydroxylation sites is 1. The fourth-order valence-electron chi connectivity index (χ4n) is 5.19. The molecule has 0 aliphatic carbocycles. The molecule has 1 saturated heterocycles. The number of halogens is 4. The maximum absolute atomic E-state index is 13.9. The minimum Gasteiger partial charge on any atom is -0.483 e. The molecule has 43 heavy (non-hydrogen) atoms. The van der Waals surface area contributed by atoms with Gasteiger partial charge in [-0.3, -0.25) is 19.2 Å². The van der Waals surface area contributed by atoms with Crippen molar-refractivity contribution in [3.05, 3.63) is 103 Å². The van der Waals surface area contributed by atoms with E-state index in [2.05, 4.69) is 10.3 Å². The lowest BCUT2D eigenvalue weighted by Gasteiger charge is -2.31. The summed E-state index contributed by atoms with van der Waals surface area (Å²) in [6.45, 7) is -0.584. The van der Waals surface area contributed by atoms with Crippen LogP contribution in [0.1, 0.15) is 21.9 Å². The average Bonchev–Trinajstić information content (AvgIpc) is 3.46. The van der Waals surface area contributed by atoms with Crippen LogP contribution in [-0.2, 0) is 20.6 Å². The second-order valence-corrected chi connectivity index (χ2v) is 12.3. The van der Waals surface area contributed by atoms with E-state index in [-0.39, 0.29) is 21.3 Å². The molecule has 3 amide bonds.